The lowest BCUT2D eigenvalue weighted by Gasteiger charge is -2.30. The molecule has 0 bridgehead atoms. The highest BCUT2D eigenvalue weighted by Gasteiger charge is 2.31. The molecule has 15 N–H and O–H groups in total. The first-order valence-corrected chi connectivity index (χ1v) is 14.0. The Kier molecular flexibility index (Phi) is 17.1. The molecule has 1 aromatic heterocycles. The fourth-order valence-electron chi connectivity index (χ4n) is 3.93. The molecule has 0 unspecified atom stereocenters. The second kappa shape index (κ2) is 18.8. The van der Waals surface area contributed by atoms with Crippen molar-refractivity contribution in [3.63, 3.8) is 0 Å². The quantitative estimate of drug-likeness (QED) is 0.0489. The van der Waals surface area contributed by atoms with E-state index in [0.29, 0.717) is 13.7 Å². The second-order valence-electron chi connectivity index (χ2n) is 11.0. The van der Waals surface area contributed by atoms with Gasteiger partial charge in [-0.15, -0.1) is 0 Å². The largest absolute Gasteiger partial charge is 0.394 e. The Labute approximate surface area is 256 Å². The van der Waals surface area contributed by atoms with Crippen molar-refractivity contribution in [2.45, 2.75) is 54.6 Å². The molecule has 3 atom stereocenters. The molecule has 45 heavy (non-hydrogen) atoms. The first kappa shape index (κ1) is 40.8. The molecular weight excluding hydrogens is 612 g/mol. The van der Waals surface area contributed by atoms with Crippen molar-refractivity contribution >= 4 is 0 Å². The first-order valence-electron chi connectivity index (χ1n) is 14.0. The zero-order chi connectivity index (χ0) is 34.4. The van der Waals surface area contributed by atoms with E-state index < -0.39 is 151 Å². The van der Waals surface area contributed by atoms with Crippen molar-refractivity contribution in [2.24, 2.45) is 0 Å². The first-order chi connectivity index (χ1) is 21.2. The molecule has 21 nitrogen and oxygen atoms in total. The van der Waals surface area contributed by atoms with E-state index >= 15 is 0 Å². The highest BCUT2D eigenvalue weighted by atomic mass is 16.3. The molecule has 0 radical (unpaired) electrons. The number of aromatic nitrogens is 3. The van der Waals surface area contributed by atoms with Crippen LogP contribution in [0.3, 0.4) is 0 Å². The van der Waals surface area contributed by atoms with Crippen LogP contribution in [0.1, 0.15) is 0 Å². The Morgan fingerprint density at radius 2 is 0.600 bits per heavy atom. The maximum atomic E-state index is 13.3. The van der Waals surface area contributed by atoms with Crippen molar-refractivity contribution < 1.29 is 61.3 Å². The number of aliphatic hydroxyl groups is 12. The van der Waals surface area contributed by atoms with Crippen molar-refractivity contribution in [1.29, 1.82) is 0 Å². The van der Waals surface area contributed by atoms with Gasteiger partial charge >= 0.3 is 17.1 Å². The Balaban J connectivity index is 3.46. The molecule has 0 aromatic carbocycles. The molecule has 0 aliphatic carbocycles. The van der Waals surface area contributed by atoms with E-state index in [1.165, 1.54) is 0 Å². The number of rotatable bonds is 24. The number of aliphatic hydroxyl groups excluding tert-OH is 12. The predicted octanol–water partition coefficient (Wildman–Crippen LogP) is -10.8. The summed E-state index contributed by atoms with van der Waals surface area (Å²) in [5.74, 6) is 0. The zero-order valence-electron chi connectivity index (χ0n) is 24.8. The zero-order valence-corrected chi connectivity index (χ0v) is 24.8. The van der Waals surface area contributed by atoms with E-state index in [-0.39, 0.29) is 0 Å². The monoisotopic (exact) mass is 660 g/mol. The molecule has 264 valence electrons. The molecule has 0 aliphatic heterocycles. The highest BCUT2D eigenvalue weighted by molar-refractivity contribution is 4.90. The van der Waals surface area contributed by atoms with Gasteiger partial charge in [-0.2, -0.15) is 0 Å². The summed E-state index contributed by atoms with van der Waals surface area (Å²) in [5.41, 5.74) is -8.70. The lowest BCUT2D eigenvalue weighted by atomic mass is 10.0. The minimum Gasteiger partial charge on any atom is -0.394 e. The van der Waals surface area contributed by atoms with Gasteiger partial charge in [-0.1, -0.05) is 0 Å². The van der Waals surface area contributed by atoms with Crippen molar-refractivity contribution in [3.8, 4) is 0 Å². The van der Waals surface area contributed by atoms with Crippen molar-refractivity contribution in [3.05, 3.63) is 31.5 Å². The minimum absolute atomic E-state index is 0.422. The van der Waals surface area contributed by atoms with Gasteiger partial charge in [0.25, 0.3) is 0 Å². The lowest BCUT2D eigenvalue weighted by molar-refractivity contribution is 0.0288. The topological polar surface area (TPSA) is 345 Å². The van der Waals surface area contributed by atoms with Crippen LogP contribution in [0.15, 0.2) is 14.4 Å². The van der Waals surface area contributed by atoms with Crippen LogP contribution in [0.2, 0.25) is 0 Å². The van der Waals surface area contributed by atoms with E-state index in [9.17, 15) is 75.7 Å². The molecule has 1 aromatic rings. The van der Waals surface area contributed by atoms with Gasteiger partial charge in [-0.3, -0.25) is 0 Å². The number of nitrogens with one attached hydrogen (secondary N) is 3. The van der Waals surface area contributed by atoms with E-state index in [1.54, 1.807) is 0 Å². The SMILES string of the molecule is O=c1n(C[C@H](O)CNC(CO)(CO)CO)c(=O)n(C[C@H](O)CNC(CO)(CO)CO)c(=O)n1C[C@H](O)CNC(CO)(CO)CO. The van der Waals surface area contributed by atoms with Crippen LogP contribution in [0, 0.1) is 0 Å². The molecule has 0 fully saturated rings. The molecule has 0 saturated heterocycles. The average Bonchev–Trinajstić information content (AvgIpc) is 3.06. The van der Waals surface area contributed by atoms with Gasteiger partial charge in [0.1, 0.15) is 0 Å². The molecule has 0 amide bonds. The smallest absolute Gasteiger partial charge is 0.336 e. The summed E-state index contributed by atoms with van der Waals surface area (Å²) >= 11 is 0. The second-order valence-corrected chi connectivity index (χ2v) is 11.0. The van der Waals surface area contributed by atoms with Gasteiger partial charge in [-0.05, 0) is 0 Å². The van der Waals surface area contributed by atoms with Crippen LogP contribution in [0.4, 0.5) is 0 Å². The fourth-order valence-corrected chi connectivity index (χ4v) is 3.93. The molecule has 21 heteroatoms. The number of β-amino-alcohol motifs (C(OH)–C–C–N with tert-alkyl or cyclic N) is 3. The minimum atomic E-state index is -1.61. The molecule has 0 spiro atoms. The molecule has 1 rings (SSSR count). The maximum Gasteiger partial charge on any atom is 0.336 e. The molecular formula is C24H48N6O15. The van der Waals surface area contributed by atoms with Gasteiger partial charge in [-0.25, -0.2) is 28.1 Å². The van der Waals surface area contributed by atoms with Crippen molar-refractivity contribution in [1.82, 2.24) is 29.7 Å². The molecule has 0 saturated carbocycles. The van der Waals surface area contributed by atoms with Gasteiger partial charge in [0.05, 0.1) is 114 Å². The normalized spacial score (nSPS) is 14.9. The van der Waals surface area contributed by atoms with Gasteiger partial charge in [0.2, 0.25) is 0 Å². The predicted molar refractivity (Wildman–Crippen MR) is 153 cm³/mol. The van der Waals surface area contributed by atoms with Gasteiger partial charge in [0, 0.05) is 19.6 Å². The Morgan fingerprint density at radius 3 is 0.756 bits per heavy atom. The van der Waals surface area contributed by atoms with E-state index in [1.807, 2.05) is 0 Å². The van der Waals surface area contributed by atoms with Crippen LogP contribution in [-0.4, -0.2) is 189 Å². The summed E-state index contributed by atoms with van der Waals surface area (Å²) in [4.78, 5) is 39.9. The van der Waals surface area contributed by atoms with E-state index in [4.69, 9.17) is 0 Å². The van der Waals surface area contributed by atoms with Crippen LogP contribution < -0.4 is 33.0 Å². The number of hydrogen-bond acceptors (Lipinski definition) is 18. The summed E-state index contributed by atoms with van der Waals surface area (Å²) in [6.07, 6.45) is -4.76. The van der Waals surface area contributed by atoms with Crippen LogP contribution in [0.5, 0.6) is 0 Å². The van der Waals surface area contributed by atoms with Gasteiger partial charge < -0.3 is 77.2 Å². The summed E-state index contributed by atoms with van der Waals surface area (Å²) < 4.78 is 1.27. The fraction of sp³-hybridized carbons (Fsp3) is 0.875. The standard InChI is InChI=1S/C24H48N6O15/c31-7-22(8-32,9-33)25-1-16(40)4-28-19(43)29(5-17(41)2-26-23(10-34,11-35)12-36)21(45)30(20(28)44)6-18(42)3-27-24(13-37,14-38)15-39/h16-18,25-27,31-42H,1-15H2/t16-,17-,18-/m1/s1. The van der Waals surface area contributed by atoms with E-state index in [0.717, 1.165) is 0 Å². The number of hydrogen-bond donors (Lipinski definition) is 15. The average molecular weight is 661 g/mol. The Morgan fingerprint density at radius 1 is 0.422 bits per heavy atom. The van der Waals surface area contributed by atoms with Crippen LogP contribution >= 0.6 is 0 Å². The summed E-state index contributed by atoms with van der Waals surface area (Å²) in [6, 6.07) is 0. The van der Waals surface area contributed by atoms with Gasteiger partial charge in [0.15, 0.2) is 0 Å². The van der Waals surface area contributed by atoms with Crippen molar-refractivity contribution in [2.75, 3.05) is 79.1 Å². The summed E-state index contributed by atoms with van der Waals surface area (Å²) in [6.45, 7) is -10.4. The van der Waals surface area contributed by atoms with Crippen LogP contribution in [0.25, 0.3) is 0 Å². The highest BCUT2D eigenvalue weighted by Crippen LogP contribution is 2.04. The Bertz CT molecular complexity index is 981. The molecule has 0 aliphatic rings. The molecule has 1 heterocycles. The summed E-state index contributed by atoms with van der Waals surface area (Å²) in [5, 5.41) is 125. The summed E-state index contributed by atoms with van der Waals surface area (Å²) in [7, 11) is 0. The maximum absolute atomic E-state index is 13.3. The van der Waals surface area contributed by atoms with E-state index in [2.05, 4.69) is 16.0 Å². The van der Waals surface area contributed by atoms with Crippen LogP contribution in [-0.2, 0) is 19.6 Å². The third-order valence-electron chi connectivity index (χ3n) is 7.43. The lowest BCUT2D eigenvalue weighted by Crippen LogP contribution is -2.60. The number of nitrogens with zero attached hydrogens (tertiary/aromatic N) is 3. The third-order valence-corrected chi connectivity index (χ3v) is 7.43. The Hall–Kier alpha value is -2.19. The third kappa shape index (κ3) is 10.7.